The van der Waals surface area contributed by atoms with Crippen LogP contribution in [-0.4, -0.2) is 39.0 Å². The Labute approximate surface area is 158 Å². The second kappa shape index (κ2) is 8.51. The Morgan fingerprint density at radius 2 is 1.89 bits per heavy atom. The van der Waals surface area contributed by atoms with Crippen LogP contribution in [-0.2, 0) is 32.6 Å². The lowest BCUT2D eigenvalue weighted by Gasteiger charge is -2.28. The van der Waals surface area contributed by atoms with Gasteiger partial charge in [0.15, 0.2) is 0 Å². The number of hydrogen-bond donors (Lipinski definition) is 1. The van der Waals surface area contributed by atoms with Crippen LogP contribution in [0, 0.1) is 0 Å². The molecule has 3 rings (SSSR count). The molecular formula is C19H22N2O5S. The lowest BCUT2D eigenvalue weighted by Crippen LogP contribution is -2.34. The van der Waals surface area contributed by atoms with E-state index in [4.69, 9.17) is 9.57 Å². The van der Waals surface area contributed by atoms with Gasteiger partial charge in [-0.25, -0.2) is 8.42 Å². The van der Waals surface area contributed by atoms with Gasteiger partial charge >= 0.3 is 0 Å². The Balaban J connectivity index is 1.55. The van der Waals surface area contributed by atoms with Gasteiger partial charge in [0.25, 0.3) is 10.0 Å². The highest BCUT2D eigenvalue weighted by Crippen LogP contribution is 2.22. The first kappa shape index (κ1) is 19.3. The standard InChI is InChI=1S/C19H22N2O5S/c1-15(22)21-10-9-16-7-8-19(13-17(16)14-21)27(23,24)20-26-12-11-25-18-5-3-2-4-6-18/h2-8,13,20H,9-12,14H2,1H3. The second-order valence-electron chi connectivity index (χ2n) is 6.22. The largest absolute Gasteiger partial charge is 0.491 e. The van der Waals surface area contributed by atoms with Crippen LogP contribution in [0.25, 0.3) is 0 Å². The lowest BCUT2D eigenvalue weighted by molar-refractivity contribution is -0.129. The van der Waals surface area contributed by atoms with Crippen LogP contribution in [0.5, 0.6) is 5.75 Å². The van der Waals surface area contributed by atoms with Crippen molar-refractivity contribution in [1.82, 2.24) is 9.79 Å². The van der Waals surface area contributed by atoms with Crippen LogP contribution in [0.2, 0.25) is 0 Å². The normalized spacial score (nSPS) is 13.9. The van der Waals surface area contributed by atoms with Crippen LogP contribution < -0.4 is 9.62 Å². The number of carbonyl (C=O) groups excluding carboxylic acids is 1. The van der Waals surface area contributed by atoms with Crippen molar-refractivity contribution in [3.05, 3.63) is 59.7 Å². The number of amides is 1. The zero-order valence-corrected chi connectivity index (χ0v) is 15.9. The number of ether oxygens (including phenoxy) is 1. The second-order valence-corrected chi connectivity index (χ2v) is 7.86. The minimum Gasteiger partial charge on any atom is -0.491 e. The SMILES string of the molecule is CC(=O)N1CCc2ccc(S(=O)(=O)NOCCOc3ccccc3)cc2C1. The molecule has 1 N–H and O–H groups in total. The summed E-state index contributed by atoms with van der Waals surface area (Å²) in [5.74, 6) is 0.669. The number of carbonyl (C=O) groups is 1. The van der Waals surface area contributed by atoms with Gasteiger partial charge in [0, 0.05) is 20.0 Å². The number of benzene rings is 2. The van der Waals surface area contributed by atoms with Crippen molar-refractivity contribution in [2.24, 2.45) is 0 Å². The summed E-state index contributed by atoms with van der Waals surface area (Å²) >= 11 is 0. The molecule has 0 aromatic heterocycles. The van der Waals surface area contributed by atoms with Gasteiger partial charge < -0.3 is 9.64 Å². The zero-order valence-electron chi connectivity index (χ0n) is 15.1. The van der Waals surface area contributed by atoms with E-state index < -0.39 is 10.0 Å². The van der Waals surface area contributed by atoms with Gasteiger partial charge in [0.1, 0.15) is 19.0 Å². The molecule has 144 valence electrons. The van der Waals surface area contributed by atoms with Crippen LogP contribution in [0.4, 0.5) is 0 Å². The van der Waals surface area contributed by atoms with Crippen molar-refractivity contribution >= 4 is 15.9 Å². The molecule has 1 amide bonds. The Hall–Kier alpha value is -2.42. The highest BCUT2D eigenvalue weighted by atomic mass is 32.2. The summed E-state index contributed by atoms with van der Waals surface area (Å²) in [6.45, 7) is 2.86. The molecule has 0 radical (unpaired) electrons. The first-order valence-electron chi connectivity index (χ1n) is 8.64. The summed E-state index contributed by atoms with van der Waals surface area (Å²) in [6.07, 6.45) is 0.718. The van der Waals surface area contributed by atoms with Crippen LogP contribution in [0.15, 0.2) is 53.4 Å². The number of fused-ring (bicyclic) bond motifs is 1. The highest BCUT2D eigenvalue weighted by molar-refractivity contribution is 7.89. The highest BCUT2D eigenvalue weighted by Gasteiger charge is 2.21. The Kier molecular flexibility index (Phi) is 6.10. The summed E-state index contributed by atoms with van der Waals surface area (Å²) in [5.41, 5.74) is 1.90. The summed E-state index contributed by atoms with van der Waals surface area (Å²) in [6, 6.07) is 14.1. The van der Waals surface area contributed by atoms with Crippen LogP contribution in [0.1, 0.15) is 18.1 Å². The van der Waals surface area contributed by atoms with Crippen molar-refractivity contribution in [2.45, 2.75) is 24.8 Å². The molecule has 2 aromatic rings. The summed E-state index contributed by atoms with van der Waals surface area (Å²) in [4.78, 5) is 20.5. The van der Waals surface area contributed by atoms with Crippen LogP contribution in [0.3, 0.4) is 0 Å². The minimum atomic E-state index is -3.81. The van der Waals surface area contributed by atoms with Crippen molar-refractivity contribution in [3.8, 4) is 5.75 Å². The van der Waals surface area contributed by atoms with E-state index in [0.29, 0.717) is 18.8 Å². The Morgan fingerprint density at radius 1 is 1.11 bits per heavy atom. The van der Waals surface area contributed by atoms with E-state index >= 15 is 0 Å². The van der Waals surface area contributed by atoms with Gasteiger partial charge in [0.05, 0.1) is 4.90 Å². The molecule has 0 aliphatic carbocycles. The van der Waals surface area contributed by atoms with Gasteiger partial charge in [0.2, 0.25) is 5.91 Å². The van der Waals surface area contributed by atoms with Crippen molar-refractivity contribution in [1.29, 1.82) is 0 Å². The molecule has 1 aliphatic rings. The first-order chi connectivity index (χ1) is 13.0. The van der Waals surface area contributed by atoms with E-state index in [9.17, 15) is 13.2 Å². The van der Waals surface area contributed by atoms with E-state index in [1.165, 1.54) is 6.92 Å². The molecule has 0 bridgehead atoms. The monoisotopic (exact) mass is 390 g/mol. The fourth-order valence-corrected chi connectivity index (χ4v) is 3.73. The summed E-state index contributed by atoms with van der Waals surface area (Å²) in [5, 5.41) is 0. The maximum Gasteiger partial charge on any atom is 0.262 e. The van der Waals surface area contributed by atoms with E-state index in [2.05, 4.69) is 4.89 Å². The molecule has 0 unspecified atom stereocenters. The summed E-state index contributed by atoms with van der Waals surface area (Å²) < 4.78 is 30.3. The van der Waals surface area contributed by atoms with Crippen molar-refractivity contribution in [2.75, 3.05) is 19.8 Å². The molecule has 27 heavy (non-hydrogen) atoms. The smallest absolute Gasteiger partial charge is 0.262 e. The van der Waals surface area contributed by atoms with Crippen molar-refractivity contribution in [3.63, 3.8) is 0 Å². The zero-order chi connectivity index (χ0) is 19.3. The number of nitrogens with one attached hydrogen (secondary N) is 1. The maximum absolute atomic E-state index is 12.4. The van der Waals surface area contributed by atoms with Gasteiger partial charge in [-0.05, 0) is 41.8 Å². The van der Waals surface area contributed by atoms with Crippen LogP contribution >= 0.6 is 0 Å². The molecular weight excluding hydrogens is 368 g/mol. The summed E-state index contributed by atoms with van der Waals surface area (Å²) in [7, 11) is -3.81. The third kappa shape index (κ3) is 5.06. The average Bonchev–Trinajstić information content (AvgIpc) is 2.67. The molecule has 0 fully saturated rings. The molecule has 1 heterocycles. The van der Waals surface area contributed by atoms with Gasteiger partial charge in [-0.15, -0.1) is 0 Å². The van der Waals surface area contributed by atoms with Gasteiger partial charge in [-0.1, -0.05) is 29.2 Å². The van der Waals surface area contributed by atoms with Crippen molar-refractivity contribution < 1.29 is 22.8 Å². The third-order valence-electron chi connectivity index (χ3n) is 4.31. The minimum absolute atomic E-state index is 0.0196. The average molecular weight is 390 g/mol. The Morgan fingerprint density at radius 3 is 2.63 bits per heavy atom. The number of hydrogen-bond acceptors (Lipinski definition) is 5. The first-order valence-corrected chi connectivity index (χ1v) is 10.1. The molecule has 2 aromatic carbocycles. The van der Waals surface area contributed by atoms with E-state index in [1.54, 1.807) is 23.1 Å². The fraction of sp³-hybridized carbons (Fsp3) is 0.316. The Bertz CT molecular complexity index is 900. The topological polar surface area (TPSA) is 84.9 Å². The molecule has 0 atom stereocenters. The van der Waals surface area contributed by atoms with Gasteiger partial charge in [-0.3, -0.25) is 9.63 Å². The molecule has 7 nitrogen and oxygen atoms in total. The van der Waals surface area contributed by atoms with E-state index in [0.717, 1.165) is 17.5 Å². The number of para-hydroxylation sites is 1. The van der Waals surface area contributed by atoms with Gasteiger partial charge in [-0.2, -0.15) is 0 Å². The molecule has 0 spiro atoms. The number of rotatable bonds is 7. The quantitative estimate of drug-likeness (QED) is 0.576. The third-order valence-corrected chi connectivity index (χ3v) is 5.52. The molecule has 1 aliphatic heterocycles. The molecule has 8 heteroatoms. The fourth-order valence-electron chi connectivity index (χ4n) is 2.85. The maximum atomic E-state index is 12.4. The lowest BCUT2D eigenvalue weighted by atomic mass is 10.00. The van der Waals surface area contributed by atoms with E-state index in [-0.39, 0.29) is 24.0 Å². The predicted octanol–water partition coefficient (Wildman–Crippen LogP) is 1.88. The predicted molar refractivity (Wildman–Crippen MR) is 99.4 cm³/mol. The molecule has 0 saturated heterocycles. The van der Waals surface area contributed by atoms with E-state index in [1.807, 2.05) is 30.3 Å². The number of nitrogens with zero attached hydrogens (tertiary/aromatic N) is 1. The number of sulfonamides is 1. The molecule has 0 saturated carbocycles.